The molecule has 0 unspecified atom stereocenters. The van der Waals surface area contributed by atoms with E-state index in [4.69, 9.17) is 38.3 Å². The normalized spacial score (nSPS) is 14.6. The Bertz CT molecular complexity index is 2720. The Kier molecular flexibility index (Phi) is 34.5. The molecule has 10 atom stereocenters. The van der Waals surface area contributed by atoms with E-state index in [0.29, 0.717) is 18.4 Å². The number of primary amides is 3. The van der Waals surface area contributed by atoms with Crippen LogP contribution in [0.15, 0.2) is 48.5 Å². The van der Waals surface area contributed by atoms with Crippen LogP contribution in [0.5, 0.6) is 11.5 Å². The molecule has 0 aliphatic rings. The van der Waals surface area contributed by atoms with Crippen LogP contribution in [-0.4, -0.2) is 196 Å². The predicted molar refractivity (Wildman–Crippen MR) is 310 cm³/mol. The van der Waals surface area contributed by atoms with E-state index in [1.54, 1.807) is 6.92 Å². The zero-order chi connectivity index (χ0) is 66.9. The number of nitrogens with one attached hydrogen (secondary N) is 10. The van der Waals surface area contributed by atoms with Crippen molar-refractivity contribution < 1.29 is 97.5 Å². The minimum atomic E-state index is -2.02. The van der Waals surface area contributed by atoms with Gasteiger partial charge in [0.05, 0.1) is 44.9 Å². The maximum Gasteiger partial charge on any atom is 0.303 e. The first kappa shape index (κ1) is 76.6. The zero-order valence-corrected chi connectivity index (χ0v) is 49.3. The van der Waals surface area contributed by atoms with Crippen LogP contribution in [0.3, 0.4) is 0 Å². The molecule has 0 aromatic heterocycles. The highest BCUT2D eigenvalue weighted by atomic mass is 16.6. The summed E-state index contributed by atoms with van der Waals surface area (Å²) in [6, 6.07) is -5.19. The molecule has 35 nitrogen and oxygen atoms in total. The van der Waals surface area contributed by atoms with E-state index in [2.05, 4.69) is 53.7 Å². The van der Waals surface area contributed by atoms with Crippen molar-refractivity contribution in [1.82, 2.24) is 53.7 Å². The first-order chi connectivity index (χ1) is 42.0. The van der Waals surface area contributed by atoms with Crippen molar-refractivity contribution in [2.45, 2.75) is 158 Å². The molecule has 494 valence electrons. The monoisotopic (exact) mass is 1260 g/mol. The molecular weight excluding hydrogens is 1180 g/mol. The highest BCUT2D eigenvalue weighted by Crippen LogP contribution is 2.16. The second-order valence-corrected chi connectivity index (χ2v) is 20.4. The van der Waals surface area contributed by atoms with Gasteiger partial charge in [0.25, 0.3) is 0 Å². The Morgan fingerprint density at radius 2 is 0.966 bits per heavy atom. The first-order valence-corrected chi connectivity index (χ1v) is 28.0. The van der Waals surface area contributed by atoms with Crippen molar-refractivity contribution in [1.29, 1.82) is 0 Å². The smallest absolute Gasteiger partial charge is 0.303 e. The number of hydroxylamine groups is 2. The molecule has 0 saturated heterocycles. The second kappa shape index (κ2) is 40.1. The lowest BCUT2D eigenvalue weighted by molar-refractivity contribution is -0.143. The summed E-state index contributed by atoms with van der Waals surface area (Å²) in [6.45, 7) is 2.14. The van der Waals surface area contributed by atoms with E-state index in [0.717, 1.165) is 14.0 Å². The van der Waals surface area contributed by atoms with Gasteiger partial charge in [-0.1, -0.05) is 31.2 Å². The molecule has 0 saturated carbocycles. The van der Waals surface area contributed by atoms with Crippen molar-refractivity contribution in [2.24, 2.45) is 28.7 Å². The molecule has 0 spiro atoms. The number of carboxylic acid groups (broad SMARTS) is 1. The molecule has 2 aromatic carbocycles. The molecule has 8 amide bonds. The fourth-order valence-electron chi connectivity index (χ4n) is 8.22. The number of ketones is 4. The highest BCUT2D eigenvalue weighted by Gasteiger charge is 2.39. The number of phenols is 2. The van der Waals surface area contributed by atoms with E-state index in [1.807, 2.05) is 0 Å². The number of hydrogen-bond acceptors (Lipinski definition) is 26. The number of amides is 8. The Morgan fingerprint density at radius 1 is 0.528 bits per heavy atom. The molecule has 0 bridgehead atoms. The van der Waals surface area contributed by atoms with Crippen LogP contribution in [0, 0.1) is 0 Å². The van der Waals surface area contributed by atoms with E-state index in [1.165, 1.54) is 48.5 Å². The summed E-state index contributed by atoms with van der Waals surface area (Å²) in [4.78, 5) is 184. The minimum absolute atomic E-state index is 0.0732. The average Bonchev–Trinajstić information content (AvgIpc) is 2.93. The number of carbonyl (C=O) groups excluding carboxylic acids is 12. The van der Waals surface area contributed by atoms with Crippen LogP contribution in [0.25, 0.3) is 0 Å². The number of rotatable bonds is 47. The van der Waals surface area contributed by atoms with Gasteiger partial charge in [-0.3, -0.25) is 67.6 Å². The van der Waals surface area contributed by atoms with Gasteiger partial charge in [0.2, 0.25) is 70.4 Å². The molecule has 25 N–H and O–H groups in total. The number of benzene rings is 2. The van der Waals surface area contributed by atoms with Gasteiger partial charge in [0.15, 0.2) is 0 Å². The number of aromatic hydroxyl groups is 2. The lowest BCUT2D eigenvalue weighted by atomic mass is 9.94. The molecule has 0 aliphatic heterocycles. The van der Waals surface area contributed by atoms with E-state index < -0.39 is 201 Å². The number of carboxylic acids is 1. The van der Waals surface area contributed by atoms with Crippen molar-refractivity contribution in [2.75, 3.05) is 26.9 Å². The lowest BCUT2D eigenvalue weighted by Gasteiger charge is -2.27. The second-order valence-electron chi connectivity index (χ2n) is 20.4. The van der Waals surface area contributed by atoms with Crippen LogP contribution in [-0.2, 0) is 84.8 Å². The predicted octanol–water partition coefficient (Wildman–Crippen LogP) is -7.55. The molecule has 2 rings (SSSR count). The summed E-state index contributed by atoms with van der Waals surface area (Å²) in [6.07, 6.45) is -7.22. The SMILES string of the molecule is CCCON[C@@H](CCCNC(N)N)C(=O)N[C@@H](CCC(=O)O)C(=O)N[C@@H](CCC(N)=O)C(=O)N[C@@H](CCC(N)=O)C(=O)C(=O)[C@H](Cc1ccc(O)cc1)NC(=O)[C@H](CC(N)=O)NN[C@@H](CO)C(=O)N[C@H](C(=O)C(=O)[C@H](Cc1ccc(O)cc1)NOC)[C@@H](C)O. The number of aliphatic hydroxyl groups excluding tert-OH is 2. The molecular formula is C54H83N15O20. The van der Waals surface area contributed by atoms with Crippen LogP contribution >= 0.6 is 0 Å². The number of hydrogen-bond donors (Lipinski definition) is 20. The van der Waals surface area contributed by atoms with Gasteiger partial charge < -0.3 is 90.5 Å². The molecule has 0 fully saturated rings. The Balaban J connectivity index is 2.52. The number of aliphatic carboxylic acids is 1. The first-order valence-electron chi connectivity index (χ1n) is 28.0. The van der Waals surface area contributed by atoms with Crippen molar-refractivity contribution in [3.63, 3.8) is 0 Å². The van der Waals surface area contributed by atoms with Gasteiger partial charge in [0, 0.05) is 25.7 Å². The summed E-state index contributed by atoms with van der Waals surface area (Å²) in [7, 11) is 1.16. The van der Waals surface area contributed by atoms with Crippen LogP contribution < -0.4 is 82.4 Å². The largest absolute Gasteiger partial charge is 0.508 e. The summed E-state index contributed by atoms with van der Waals surface area (Å²) in [5, 5.41) is 64.2. The van der Waals surface area contributed by atoms with Gasteiger partial charge in [-0.15, -0.1) is 0 Å². The number of aliphatic hydroxyl groups is 2. The zero-order valence-electron chi connectivity index (χ0n) is 49.3. The van der Waals surface area contributed by atoms with Crippen molar-refractivity contribution in [3.8, 4) is 11.5 Å². The van der Waals surface area contributed by atoms with E-state index >= 15 is 0 Å². The maximum atomic E-state index is 14.5. The number of nitrogens with two attached hydrogens (primary N) is 5. The highest BCUT2D eigenvalue weighted by molar-refractivity contribution is 6.42. The number of Topliss-reactive ketones (excluding diaryl/α,β-unsaturated/α-hetero) is 4. The fourth-order valence-corrected chi connectivity index (χ4v) is 8.22. The molecule has 0 radical (unpaired) electrons. The van der Waals surface area contributed by atoms with Crippen LogP contribution in [0.2, 0.25) is 0 Å². The Morgan fingerprint density at radius 3 is 1.44 bits per heavy atom. The summed E-state index contributed by atoms with van der Waals surface area (Å²) in [5.74, 6) is -16.3. The summed E-state index contributed by atoms with van der Waals surface area (Å²) in [5.41, 5.74) is 37.5. The quantitative estimate of drug-likeness (QED) is 0.0127. The molecule has 35 heteroatoms. The topological polar surface area (TPSA) is 592 Å². The van der Waals surface area contributed by atoms with Crippen LogP contribution in [0.1, 0.15) is 89.2 Å². The number of phenolic OH excluding ortho intramolecular Hbond substituents is 2. The van der Waals surface area contributed by atoms with Crippen molar-refractivity contribution >= 4 is 76.4 Å². The molecule has 0 aliphatic carbocycles. The maximum absolute atomic E-state index is 14.5. The minimum Gasteiger partial charge on any atom is -0.508 e. The third-order valence-electron chi connectivity index (χ3n) is 13.0. The number of hydrazine groups is 1. The summed E-state index contributed by atoms with van der Waals surface area (Å²) < 4.78 is 0. The molecule has 0 heterocycles. The standard InChI is InChI=1S/C54H83N15O20/c1-4-22-89-69-35(6-5-21-60-54(58)59)51(85)63-34(17-20-43(77)78)50(84)62-33(16-19-41(56)75)49(83)61-32(15-18-40(55)74)45(79)46(80)36(23-28-7-11-30(72)12-8-28)64-52(86)38(25-42(57)76)66-67-39(26-70)53(87)65-44(27(2)71)48(82)47(81)37(68-88-3)24-29-9-13-31(73)14-10-29/h7-14,27,32-39,44,54,60,66-73H,4-6,15-26,58-59H2,1-3H3,(H2,55,74)(H2,56,75)(H2,57,76)(H,61,83)(H,62,84)(H,63,85)(H,64,86)(H,65,87)(H,77,78)/t27-,32+,33+,34+,35+,36+,37+,38+,39+,44+/m1/s1. The third-order valence-corrected chi connectivity index (χ3v) is 13.0. The molecule has 89 heavy (non-hydrogen) atoms. The molecule has 2 aromatic rings. The lowest BCUT2D eigenvalue weighted by Crippen LogP contribution is -2.63. The van der Waals surface area contributed by atoms with Crippen LogP contribution in [0.4, 0.5) is 0 Å². The Labute approximate surface area is 510 Å². The summed E-state index contributed by atoms with van der Waals surface area (Å²) >= 11 is 0. The van der Waals surface area contributed by atoms with E-state index in [9.17, 15) is 87.9 Å². The van der Waals surface area contributed by atoms with Crippen molar-refractivity contribution in [3.05, 3.63) is 59.7 Å². The van der Waals surface area contributed by atoms with E-state index in [-0.39, 0.29) is 43.1 Å². The fraction of sp³-hybridized carbons (Fsp3) is 0.537. The third kappa shape index (κ3) is 28.9. The van der Waals surface area contributed by atoms with Gasteiger partial charge >= 0.3 is 5.97 Å². The average molecular weight is 1260 g/mol. The Hall–Kier alpha value is -8.49. The van der Waals surface area contributed by atoms with Gasteiger partial charge in [0.1, 0.15) is 60.1 Å². The van der Waals surface area contributed by atoms with Gasteiger partial charge in [-0.25, -0.2) is 10.9 Å². The van der Waals surface area contributed by atoms with Gasteiger partial charge in [-0.2, -0.15) is 11.0 Å². The van der Waals surface area contributed by atoms with Gasteiger partial charge in [-0.05, 0) is 93.8 Å². The number of carbonyl (C=O) groups is 13.